The predicted molar refractivity (Wildman–Crippen MR) is 49.8 cm³/mol. The predicted octanol–water partition coefficient (Wildman–Crippen LogP) is 1.29. The highest BCUT2D eigenvalue weighted by Gasteiger charge is 2.36. The minimum Gasteiger partial charge on any atom is -0.481 e. The second-order valence-corrected chi connectivity index (χ2v) is 3.19. The maximum atomic E-state index is 10.9. The number of carboxylic acid groups (broad SMARTS) is 2. The molecule has 2 N–H and O–H groups in total. The standard InChI is InChI=1S/C10H12O4/c1-2-6-4-3-5-7(9(11)12)8(6)10(13)14/h2-4,7-8H,5H2,1H3,(H,11,12)(H,13,14)/b6-2-. The molecule has 0 heterocycles. The van der Waals surface area contributed by atoms with Crippen molar-refractivity contribution in [1.82, 2.24) is 0 Å². The molecule has 0 aliphatic heterocycles. The number of hydrogen-bond acceptors (Lipinski definition) is 2. The molecular weight excluding hydrogens is 184 g/mol. The van der Waals surface area contributed by atoms with Crippen LogP contribution in [0.2, 0.25) is 0 Å². The molecule has 0 aromatic rings. The van der Waals surface area contributed by atoms with Crippen LogP contribution in [0.15, 0.2) is 23.8 Å². The molecule has 0 fully saturated rings. The first-order chi connectivity index (χ1) is 6.57. The number of allylic oxidation sites excluding steroid dienone is 3. The molecule has 0 bridgehead atoms. The highest BCUT2D eigenvalue weighted by molar-refractivity contribution is 5.83. The molecule has 1 aliphatic carbocycles. The number of rotatable bonds is 2. The van der Waals surface area contributed by atoms with Gasteiger partial charge in [0.15, 0.2) is 0 Å². The maximum absolute atomic E-state index is 10.9. The summed E-state index contributed by atoms with van der Waals surface area (Å²) in [6, 6.07) is 0. The van der Waals surface area contributed by atoms with Crippen LogP contribution in [0.1, 0.15) is 13.3 Å². The van der Waals surface area contributed by atoms with Crippen LogP contribution in [0.25, 0.3) is 0 Å². The van der Waals surface area contributed by atoms with Crippen molar-refractivity contribution >= 4 is 11.9 Å². The number of carbonyl (C=O) groups is 2. The van der Waals surface area contributed by atoms with Gasteiger partial charge in [0, 0.05) is 0 Å². The number of carboxylic acids is 2. The zero-order valence-corrected chi connectivity index (χ0v) is 7.80. The molecule has 0 aromatic heterocycles. The molecule has 76 valence electrons. The van der Waals surface area contributed by atoms with Crippen molar-refractivity contribution in [2.24, 2.45) is 11.8 Å². The van der Waals surface area contributed by atoms with Crippen LogP contribution in [-0.2, 0) is 9.59 Å². The van der Waals surface area contributed by atoms with Crippen molar-refractivity contribution in [3.05, 3.63) is 23.8 Å². The third-order valence-corrected chi connectivity index (χ3v) is 2.38. The van der Waals surface area contributed by atoms with E-state index in [1.54, 1.807) is 25.2 Å². The first-order valence-corrected chi connectivity index (χ1v) is 4.36. The van der Waals surface area contributed by atoms with Crippen molar-refractivity contribution in [2.45, 2.75) is 13.3 Å². The molecule has 1 rings (SSSR count). The monoisotopic (exact) mass is 196 g/mol. The summed E-state index contributed by atoms with van der Waals surface area (Å²) in [5, 5.41) is 17.8. The molecular formula is C10H12O4. The summed E-state index contributed by atoms with van der Waals surface area (Å²) in [7, 11) is 0. The smallest absolute Gasteiger partial charge is 0.311 e. The number of aliphatic carboxylic acids is 2. The van der Waals surface area contributed by atoms with Crippen LogP contribution in [0.4, 0.5) is 0 Å². The van der Waals surface area contributed by atoms with Gasteiger partial charge in [-0.2, -0.15) is 0 Å². The van der Waals surface area contributed by atoms with Crippen LogP contribution in [0.5, 0.6) is 0 Å². The summed E-state index contributed by atoms with van der Waals surface area (Å²) in [5.41, 5.74) is 0.566. The van der Waals surface area contributed by atoms with Gasteiger partial charge in [0.25, 0.3) is 0 Å². The highest BCUT2D eigenvalue weighted by atomic mass is 16.4. The third-order valence-electron chi connectivity index (χ3n) is 2.38. The molecule has 0 amide bonds. The molecule has 0 aromatic carbocycles. The van der Waals surface area contributed by atoms with Crippen molar-refractivity contribution < 1.29 is 19.8 Å². The van der Waals surface area contributed by atoms with Gasteiger partial charge in [0.1, 0.15) is 0 Å². The molecule has 0 saturated carbocycles. The Morgan fingerprint density at radius 2 is 2.07 bits per heavy atom. The fourth-order valence-electron chi connectivity index (χ4n) is 1.66. The van der Waals surface area contributed by atoms with Gasteiger partial charge in [-0.1, -0.05) is 18.2 Å². The summed E-state index contributed by atoms with van der Waals surface area (Å²) in [6.45, 7) is 1.71. The van der Waals surface area contributed by atoms with Crippen LogP contribution in [-0.4, -0.2) is 22.2 Å². The van der Waals surface area contributed by atoms with Crippen LogP contribution in [0.3, 0.4) is 0 Å². The Balaban J connectivity index is 3.05. The normalized spacial score (nSPS) is 29.1. The van der Waals surface area contributed by atoms with E-state index >= 15 is 0 Å². The first kappa shape index (κ1) is 10.5. The van der Waals surface area contributed by atoms with E-state index in [2.05, 4.69) is 0 Å². The summed E-state index contributed by atoms with van der Waals surface area (Å²) in [5.74, 6) is -3.89. The van der Waals surface area contributed by atoms with Crippen LogP contribution >= 0.6 is 0 Å². The van der Waals surface area contributed by atoms with E-state index in [4.69, 9.17) is 10.2 Å². The Bertz CT molecular complexity index is 314. The van der Waals surface area contributed by atoms with Gasteiger partial charge < -0.3 is 10.2 Å². The van der Waals surface area contributed by atoms with Gasteiger partial charge in [-0.15, -0.1) is 0 Å². The molecule has 2 unspecified atom stereocenters. The van der Waals surface area contributed by atoms with Gasteiger partial charge in [-0.25, -0.2) is 0 Å². The molecule has 1 aliphatic rings. The summed E-state index contributed by atoms with van der Waals surface area (Å²) in [4.78, 5) is 21.7. The van der Waals surface area contributed by atoms with E-state index in [0.29, 0.717) is 5.57 Å². The van der Waals surface area contributed by atoms with E-state index < -0.39 is 23.8 Å². The summed E-state index contributed by atoms with van der Waals surface area (Å²) >= 11 is 0. The Morgan fingerprint density at radius 1 is 1.43 bits per heavy atom. The Kier molecular flexibility index (Phi) is 3.06. The SMILES string of the molecule is C/C=C1/C=CCC(C(=O)O)C1C(=O)O. The van der Waals surface area contributed by atoms with Crippen LogP contribution in [0, 0.1) is 11.8 Å². The van der Waals surface area contributed by atoms with E-state index in [9.17, 15) is 9.59 Å². The first-order valence-electron chi connectivity index (χ1n) is 4.36. The fourth-order valence-corrected chi connectivity index (χ4v) is 1.66. The zero-order valence-electron chi connectivity index (χ0n) is 7.80. The van der Waals surface area contributed by atoms with Gasteiger partial charge >= 0.3 is 11.9 Å². The Labute approximate surface area is 81.6 Å². The van der Waals surface area contributed by atoms with Crippen LogP contribution < -0.4 is 0 Å². The maximum Gasteiger partial charge on any atom is 0.311 e. The van der Waals surface area contributed by atoms with Gasteiger partial charge in [0.05, 0.1) is 11.8 Å². The summed E-state index contributed by atoms with van der Waals surface area (Å²) < 4.78 is 0. The molecule has 0 radical (unpaired) electrons. The van der Waals surface area contributed by atoms with Crippen molar-refractivity contribution in [3.8, 4) is 0 Å². The minimum atomic E-state index is -1.07. The Morgan fingerprint density at radius 3 is 2.50 bits per heavy atom. The largest absolute Gasteiger partial charge is 0.481 e. The average Bonchev–Trinajstić information content (AvgIpc) is 2.16. The van der Waals surface area contributed by atoms with Crippen molar-refractivity contribution in [1.29, 1.82) is 0 Å². The second-order valence-electron chi connectivity index (χ2n) is 3.19. The van der Waals surface area contributed by atoms with E-state index in [1.807, 2.05) is 0 Å². The molecule has 0 saturated heterocycles. The second kappa shape index (κ2) is 4.09. The molecule has 14 heavy (non-hydrogen) atoms. The van der Waals surface area contributed by atoms with Crippen molar-refractivity contribution in [2.75, 3.05) is 0 Å². The lowest BCUT2D eigenvalue weighted by atomic mass is 9.79. The Hall–Kier alpha value is -1.58. The average molecular weight is 196 g/mol. The molecule has 4 nitrogen and oxygen atoms in total. The lowest BCUT2D eigenvalue weighted by molar-refractivity contribution is -0.152. The third kappa shape index (κ3) is 1.84. The minimum absolute atomic E-state index is 0.281. The summed E-state index contributed by atoms with van der Waals surface area (Å²) in [6.07, 6.45) is 5.31. The lowest BCUT2D eigenvalue weighted by Crippen LogP contribution is -2.32. The van der Waals surface area contributed by atoms with Gasteiger partial charge in [0.2, 0.25) is 0 Å². The quantitative estimate of drug-likeness (QED) is 0.697. The molecule has 4 heteroatoms. The van der Waals surface area contributed by atoms with Gasteiger partial charge in [-0.3, -0.25) is 9.59 Å². The zero-order chi connectivity index (χ0) is 10.7. The molecule has 0 spiro atoms. The highest BCUT2D eigenvalue weighted by Crippen LogP contribution is 2.30. The van der Waals surface area contributed by atoms with E-state index in [1.165, 1.54) is 0 Å². The number of hydrogen-bond donors (Lipinski definition) is 2. The van der Waals surface area contributed by atoms with E-state index in [0.717, 1.165) is 0 Å². The fraction of sp³-hybridized carbons (Fsp3) is 0.400. The van der Waals surface area contributed by atoms with E-state index in [-0.39, 0.29) is 6.42 Å². The molecule has 2 atom stereocenters. The van der Waals surface area contributed by atoms with Crippen molar-refractivity contribution in [3.63, 3.8) is 0 Å². The topological polar surface area (TPSA) is 74.6 Å². The van der Waals surface area contributed by atoms with Gasteiger partial charge in [-0.05, 0) is 18.9 Å². The lowest BCUT2D eigenvalue weighted by Gasteiger charge is -2.23.